The first-order chi connectivity index (χ1) is 23.3. The number of carbonyl (C=O) groups is 1. The van der Waals surface area contributed by atoms with Crippen LogP contribution < -0.4 is 15.0 Å². The lowest BCUT2D eigenvalue weighted by Crippen LogP contribution is -2.43. The van der Waals surface area contributed by atoms with Crippen molar-refractivity contribution in [2.24, 2.45) is 0 Å². The largest absolute Gasteiger partial charge is 0.461 e. The van der Waals surface area contributed by atoms with E-state index in [9.17, 15) is 14.4 Å². The second-order valence-corrected chi connectivity index (χ2v) is 12.9. The van der Waals surface area contributed by atoms with Crippen molar-refractivity contribution in [2.45, 2.75) is 56.5 Å². The Morgan fingerprint density at radius 2 is 1.98 bits per heavy atom. The molecule has 0 spiro atoms. The molecule has 3 aliphatic rings. The molecule has 1 atom stereocenters. The van der Waals surface area contributed by atoms with Gasteiger partial charge in [-0.05, 0) is 87.7 Å². The summed E-state index contributed by atoms with van der Waals surface area (Å²) in [6.07, 6.45) is 15.2. The number of benzene rings is 2. The van der Waals surface area contributed by atoms with Gasteiger partial charge in [-0.25, -0.2) is 8.78 Å². The van der Waals surface area contributed by atoms with E-state index < -0.39 is 11.6 Å². The number of rotatable bonds is 7. The molecule has 4 aromatic rings. The maximum absolute atomic E-state index is 17.0. The number of amides is 1. The molecule has 2 aromatic heterocycles. The van der Waals surface area contributed by atoms with Crippen LogP contribution in [0.25, 0.3) is 32.9 Å². The van der Waals surface area contributed by atoms with Crippen molar-refractivity contribution < 1.29 is 18.3 Å². The second kappa shape index (κ2) is 12.8. The highest BCUT2D eigenvalue weighted by molar-refractivity contribution is 6.03. The van der Waals surface area contributed by atoms with E-state index in [1.807, 2.05) is 4.90 Å². The van der Waals surface area contributed by atoms with Crippen LogP contribution in [0, 0.1) is 35.3 Å². The normalized spacial score (nSPS) is 19.0. The van der Waals surface area contributed by atoms with E-state index >= 15 is 4.39 Å². The van der Waals surface area contributed by atoms with Crippen LogP contribution in [0.3, 0.4) is 0 Å². The lowest BCUT2D eigenvalue weighted by molar-refractivity contribution is -0.117. The summed E-state index contributed by atoms with van der Waals surface area (Å²) in [5.74, 6) is 1.18. The Morgan fingerprint density at radius 1 is 1.17 bits per heavy atom. The van der Waals surface area contributed by atoms with Crippen LogP contribution in [-0.2, 0) is 4.79 Å². The Bertz CT molecular complexity index is 2030. The molecule has 0 saturated carbocycles. The van der Waals surface area contributed by atoms with Gasteiger partial charge < -0.3 is 15.0 Å². The summed E-state index contributed by atoms with van der Waals surface area (Å²) in [4.78, 5) is 30.7. The molecule has 0 radical (unpaired) electrons. The van der Waals surface area contributed by atoms with Crippen molar-refractivity contribution in [3.63, 3.8) is 0 Å². The number of carbonyl (C=O) groups excluding carboxylic acids is 1. The standard InChI is InChI=1S/C37H35F2N7O2/c1-3-26-29(38)11-10-24-17-23(19-40)18-27(31(24)26)33-32(39)34-28(20-41-33)35(45-14-6-5-9-25(21-45)42-30(47)4-2)44-36(43-34)48-22-37-12-7-15-46(37)16-8-13-37/h1,4,10-11,17-18,20,25H,2,5-9,12-16,21-22H2,(H,42,47). The highest BCUT2D eigenvalue weighted by Crippen LogP contribution is 2.40. The summed E-state index contributed by atoms with van der Waals surface area (Å²) in [5.41, 5.74) is 0.162. The Kier molecular flexibility index (Phi) is 8.40. The Balaban J connectivity index is 1.38. The Hall–Kier alpha value is -5.13. The van der Waals surface area contributed by atoms with Gasteiger partial charge >= 0.3 is 6.01 Å². The van der Waals surface area contributed by atoms with E-state index in [4.69, 9.17) is 16.1 Å². The van der Waals surface area contributed by atoms with E-state index in [-0.39, 0.29) is 56.8 Å². The van der Waals surface area contributed by atoms with Crippen molar-refractivity contribution in [3.8, 4) is 35.7 Å². The Morgan fingerprint density at radius 3 is 2.73 bits per heavy atom. The monoisotopic (exact) mass is 647 g/mol. The van der Waals surface area contributed by atoms with E-state index in [0.717, 1.165) is 58.0 Å². The lowest BCUT2D eigenvalue weighted by atomic mass is 9.94. The molecule has 7 rings (SSSR count). The first-order valence-corrected chi connectivity index (χ1v) is 16.4. The Labute approximate surface area is 277 Å². The minimum absolute atomic E-state index is 0.0164. The van der Waals surface area contributed by atoms with Crippen molar-refractivity contribution in [3.05, 3.63) is 65.9 Å². The van der Waals surface area contributed by atoms with Crippen molar-refractivity contribution in [1.82, 2.24) is 25.2 Å². The summed E-state index contributed by atoms with van der Waals surface area (Å²) >= 11 is 0. The molecule has 2 aromatic carbocycles. The SMILES string of the molecule is C#Cc1c(F)ccc2cc(C#N)cc(-c3ncc4c(N5CCCCC(NC(=O)C=C)C5)nc(OCC56CCCN5CCC6)nc4c3F)c12. The molecule has 3 fully saturated rings. The number of aromatic nitrogens is 3. The first kappa shape index (κ1) is 31.5. The van der Waals surface area contributed by atoms with Crippen LogP contribution in [0.5, 0.6) is 6.01 Å². The minimum Gasteiger partial charge on any atom is -0.461 e. The molecule has 9 nitrogen and oxygen atoms in total. The van der Waals surface area contributed by atoms with E-state index in [0.29, 0.717) is 36.3 Å². The number of anilines is 1. The molecule has 1 unspecified atom stereocenters. The molecule has 0 aliphatic carbocycles. The zero-order chi connectivity index (χ0) is 33.4. The van der Waals surface area contributed by atoms with Gasteiger partial charge in [0.25, 0.3) is 0 Å². The van der Waals surface area contributed by atoms with E-state index in [2.05, 4.69) is 38.8 Å². The van der Waals surface area contributed by atoms with Crippen LogP contribution in [0.15, 0.2) is 43.1 Å². The number of nitrogens with one attached hydrogen (secondary N) is 1. The predicted molar refractivity (Wildman–Crippen MR) is 179 cm³/mol. The van der Waals surface area contributed by atoms with Crippen LogP contribution in [0.1, 0.15) is 56.1 Å². The average Bonchev–Trinajstić information content (AvgIpc) is 3.60. The molecule has 244 valence electrons. The summed E-state index contributed by atoms with van der Waals surface area (Å²) in [6.45, 7) is 7.07. The third kappa shape index (κ3) is 5.58. The molecular formula is C37H35F2N7O2. The number of pyridine rings is 1. The highest BCUT2D eigenvalue weighted by Gasteiger charge is 2.45. The summed E-state index contributed by atoms with van der Waals surface area (Å²) in [6, 6.07) is 7.76. The molecule has 0 bridgehead atoms. The second-order valence-electron chi connectivity index (χ2n) is 12.9. The number of hydrogen-bond acceptors (Lipinski definition) is 8. The maximum atomic E-state index is 17.0. The molecule has 1 N–H and O–H groups in total. The quantitative estimate of drug-likeness (QED) is 0.203. The van der Waals surface area contributed by atoms with Gasteiger partial charge in [0, 0.05) is 36.3 Å². The molecule has 11 heteroatoms. The first-order valence-electron chi connectivity index (χ1n) is 16.4. The molecular weight excluding hydrogens is 612 g/mol. The van der Waals surface area contributed by atoms with Gasteiger partial charge in [0.2, 0.25) is 5.91 Å². The smallest absolute Gasteiger partial charge is 0.319 e. The summed E-state index contributed by atoms with van der Waals surface area (Å²) in [7, 11) is 0. The van der Waals surface area contributed by atoms with Gasteiger partial charge in [0.1, 0.15) is 29.5 Å². The molecule has 3 aliphatic heterocycles. The lowest BCUT2D eigenvalue weighted by Gasteiger charge is -2.31. The minimum atomic E-state index is -0.766. The van der Waals surface area contributed by atoms with E-state index in [1.54, 1.807) is 6.07 Å². The van der Waals surface area contributed by atoms with Crippen LogP contribution in [0.4, 0.5) is 14.6 Å². The fraction of sp³-hybridized carbons (Fsp3) is 0.378. The van der Waals surface area contributed by atoms with Gasteiger partial charge in [0.15, 0.2) is 5.82 Å². The van der Waals surface area contributed by atoms with Gasteiger partial charge in [-0.2, -0.15) is 15.2 Å². The summed E-state index contributed by atoms with van der Waals surface area (Å²) in [5, 5.41) is 13.9. The van der Waals surface area contributed by atoms with Crippen LogP contribution in [-0.4, -0.2) is 70.1 Å². The molecule has 5 heterocycles. The van der Waals surface area contributed by atoms with Crippen molar-refractivity contribution in [2.75, 3.05) is 37.7 Å². The summed E-state index contributed by atoms with van der Waals surface area (Å²) < 4.78 is 38.3. The van der Waals surface area contributed by atoms with Crippen LogP contribution >= 0.6 is 0 Å². The fourth-order valence-electron chi connectivity index (χ4n) is 7.72. The number of nitriles is 1. The fourth-order valence-corrected chi connectivity index (χ4v) is 7.72. The number of nitrogens with zero attached hydrogens (tertiary/aromatic N) is 6. The van der Waals surface area contributed by atoms with Gasteiger partial charge in [-0.3, -0.25) is 14.7 Å². The van der Waals surface area contributed by atoms with Crippen LogP contribution in [0.2, 0.25) is 0 Å². The molecule has 48 heavy (non-hydrogen) atoms. The molecule has 3 saturated heterocycles. The van der Waals surface area contributed by atoms with Gasteiger partial charge in [-0.1, -0.05) is 18.6 Å². The number of halogens is 2. The predicted octanol–water partition coefficient (Wildman–Crippen LogP) is 5.64. The van der Waals surface area contributed by atoms with E-state index in [1.165, 1.54) is 30.5 Å². The zero-order valence-corrected chi connectivity index (χ0v) is 26.6. The van der Waals surface area contributed by atoms with Gasteiger partial charge in [-0.15, -0.1) is 6.42 Å². The zero-order valence-electron chi connectivity index (χ0n) is 26.6. The number of fused-ring (bicyclic) bond motifs is 3. The number of terminal acetylenes is 1. The van der Waals surface area contributed by atoms with Gasteiger partial charge in [0.05, 0.1) is 28.1 Å². The topological polar surface area (TPSA) is 107 Å². The average molecular weight is 648 g/mol. The number of ether oxygens (including phenoxy) is 1. The third-order valence-corrected chi connectivity index (χ3v) is 10.0. The third-order valence-electron chi connectivity index (χ3n) is 10.0. The number of hydrogen-bond donors (Lipinski definition) is 1. The van der Waals surface area contributed by atoms with Crippen molar-refractivity contribution >= 4 is 33.4 Å². The van der Waals surface area contributed by atoms with Crippen molar-refractivity contribution in [1.29, 1.82) is 5.26 Å². The highest BCUT2D eigenvalue weighted by atomic mass is 19.1. The maximum Gasteiger partial charge on any atom is 0.319 e. The molecule has 1 amide bonds.